The molecule has 0 heterocycles. The Morgan fingerprint density at radius 3 is 2.44 bits per heavy atom. The number of hydrogen-bond donors (Lipinski definition) is 1. The zero-order valence-corrected chi connectivity index (χ0v) is 14.3. The smallest absolute Gasteiger partial charge is 0.323 e. The molecule has 25 heavy (non-hydrogen) atoms. The van der Waals surface area contributed by atoms with E-state index in [4.69, 9.17) is 4.74 Å². The summed E-state index contributed by atoms with van der Waals surface area (Å²) in [6.07, 6.45) is 0.408. The third-order valence-electron chi connectivity index (χ3n) is 5.44. The van der Waals surface area contributed by atoms with Crippen LogP contribution < -0.4 is 0 Å². The van der Waals surface area contributed by atoms with Gasteiger partial charge in [0.15, 0.2) is 0 Å². The number of esters is 1. The average Bonchev–Trinajstić information content (AvgIpc) is 2.87. The van der Waals surface area contributed by atoms with Gasteiger partial charge in [0, 0.05) is 6.42 Å². The molecule has 0 aromatic heterocycles. The van der Waals surface area contributed by atoms with Crippen LogP contribution in [-0.2, 0) is 21.4 Å². The van der Waals surface area contributed by atoms with Gasteiger partial charge in [0.25, 0.3) is 0 Å². The van der Waals surface area contributed by atoms with Crippen molar-refractivity contribution in [2.45, 2.75) is 24.4 Å². The van der Waals surface area contributed by atoms with Gasteiger partial charge in [-0.05, 0) is 40.5 Å². The molecule has 0 saturated carbocycles. The van der Waals surface area contributed by atoms with Gasteiger partial charge in [-0.2, -0.15) is 0 Å². The van der Waals surface area contributed by atoms with E-state index in [0.717, 1.165) is 27.5 Å². The fourth-order valence-electron chi connectivity index (χ4n) is 4.32. The zero-order chi connectivity index (χ0) is 17.7. The molecule has 3 aromatic carbocycles. The summed E-state index contributed by atoms with van der Waals surface area (Å²) in [6, 6.07) is 21.6. The summed E-state index contributed by atoms with van der Waals surface area (Å²) in [5, 5.41) is 13.5. The highest BCUT2D eigenvalue weighted by molar-refractivity contribution is 5.94. The number of rotatable bonds is 2. The number of methoxy groups -OCH3 is 1. The summed E-state index contributed by atoms with van der Waals surface area (Å²) in [5.41, 5.74) is 0.0513. The number of carbonyl (C=O) groups is 1. The molecule has 0 aliphatic heterocycles. The van der Waals surface area contributed by atoms with E-state index in [-0.39, 0.29) is 0 Å². The Kier molecular flexibility index (Phi) is 3.44. The summed E-state index contributed by atoms with van der Waals surface area (Å²) in [5.74, 6) is -0.433. The first-order chi connectivity index (χ1) is 12.0. The molecule has 3 nitrogen and oxygen atoms in total. The van der Waals surface area contributed by atoms with Crippen molar-refractivity contribution >= 4 is 16.7 Å². The molecule has 1 N–H and O–H groups in total. The molecule has 0 saturated heterocycles. The Morgan fingerprint density at radius 1 is 1.00 bits per heavy atom. The highest BCUT2D eigenvalue weighted by Crippen LogP contribution is 2.51. The van der Waals surface area contributed by atoms with E-state index < -0.39 is 17.0 Å². The minimum Gasteiger partial charge on any atom is -0.468 e. The van der Waals surface area contributed by atoms with Crippen molar-refractivity contribution < 1.29 is 14.6 Å². The summed E-state index contributed by atoms with van der Waals surface area (Å²) < 4.78 is 5.20. The van der Waals surface area contributed by atoms with Gasteiger partial charge >= 0.3 is 5.97 Å². The Hall–Kier alpha value is -2.65. The molecule has 4 rings (SSSR count). The standard InChI is InChI=1S/C22H20O3/c1-21(24)14-17-9-5-6-10-19(17)22(21,20(23)25-2)18-12-11-15-7-3-4-8-16(15)13-18/h3-13,24H,14H2,1-2H3/t21-,22-/m0/s1. The predicted molar refractivity (Wildman–Crippen MR) is 97.5 cm³/mol. The second kappa shape index (κ2) is 5.43. The van der Waals surface area contributed by atoms with Crippen LogP contribution in [0.5, 0.6) is 0 Å². The highest BCUT2D eigenvalue weighted by Gasteiger charge is 2.61. The van der Waals surface area contributed by atoms with Crippen LogP contribution >= 0.6 is 0 Å². The molecule has 0 radical (unpaired) electrons. The summed E-state index contributed by atoms with van der Waals surface area (Å²) in [7, 11) is 1.38. The van der Waals surface area contributed by atoms with Crippen LogP contribution in [0.3, 0.4) is 0 Å². The molecular formula is C22H20O3. The largest absolute Gasteiger partial charge is 0.468 e. The number of hydrogen-bond acceptors (Lipinski definition) is 3. The first-order valence-electron chi connectivity index (χ1n) is 8.39. The molecule has 3 heteroatoms. The number of carbonyl (C=O) groups excluding carboxylic acids is 1. The lowest BCUT2D eigenvalue weighted by atomic mass is 9.67. The van der Waals surface area contributed by atoms with Gasteiger partial charge in [-0.25, -0.2) is 0 Å². The third-order valence-corrected chi connectivity index (χ3v) is 5.44. The minimum atomic E-state index is -1.27. The van der Waals surface area contributed by atoms with Crippen molar-refractivity contribution in [1.82, 2.24) is 0 Å². The Balaban J connectivity index is 2.07. The van der Waals surface area contributed by atoms with Gasteiger partial charge in [0.2, 0.25) is 0 Å². The minimum absolute atomic E-state index is 0.408. The maximum atomic E-state index is 13.1. The molecule has 0 amide bonds. The van der Waals surface area contributed by atoms with E-state index in [2.05, 4.69) is 0 Å². The second-order valence-electron chi connectivity index (χ2n) is 6.91. The lowest BCUT2D eigenvalue weighted by Crippen LogP contribution is -2.53. The topological polar surface area (TPSA) is 46.5 Å². The molecule has 3 aromatic rings. The number of fused-ring (bicyclic) bond motifs is 2. The van der Waals surface area contributed by atoms with Gasteiger partial charge < -0.3 is 9.84 Å². The van der Waals surface area contributed by atoms with Crippen LogP contribution in [0, 0.1) is 0 Å². The normalized spacial score (nSPS) is 24.9. The van der Waals surface area contributed by atoms with Gasteiger partial charge in [-0.3, -0.25) is 4.79 Å². The SMILES string of the molecule is COC(=O)[C@]1(c2ccc3ccccc3c2)c2ccccc2C[C@]1(C)O. The van der Waals surface area contributed by atoms with Gasteiger partial charge in [-0.1, -0.05) is 60.7 Å². The van der Waals surface area contributed by atoms with Crippen LogP contribution in [0.25, 0.3) is 10.8 Å². The first-order valence-corrected chi connectivity index (χ1v) is 8.39. The van der Waals surface area contributed by atoms with E-state index in [1.807, 2.05) is 66.7 Å². The molecular weight excluding hydrogens is 312 g/mol. The molecule has 1 aliphatic rings. The number of aliphatic hydroxyl groups is 1. The maximum Gasteiger partial charge on any atom is 0.323 e. The molecule has 0 unspecified atom stereocenters. The summed E-state index contributed by atoms with van der Waals surface area (Å²) >= 11 is 0. The quantitative estimate of drug-likeness (QED) is 0.729. The fraction of sp³-hybridized carbons (Fsp3) is 0.227. The molecule has 0 spiro atoms. The Labute approximate surface area is 146 Å². The third kappa shape index (κ3) is 2.06. The van der Waals surface area contributed by atoms with Crippen LogP contribution in [0.1, 0.15) is 23.6 Å². The van der Waals surface area contributed by atoms with Crippen molar-refractivity contribution in [2.24, 2.45) is 0 Å². The zero-order valence-electron chi connectivity index (χ0n) is 14.3. The van der Waals surface area contributed by atoms with E-state index in [9.17, 15) is 9.90 Å². The van der Waals surface area contributed by atoms with Gasteiger partial charge in [-0.15, -0.1) is 0 Å². The lowest BCUT2D eigenvalue weighted by Gasteiger charge is -2.38. The highest BCUT2D eigenvalue weighted by atomic mass is 16.5. The van der Waals surface area contributed by atoms with Gasteiger partial charge in [0.1, 0.15) is 5.41 Å². The average molecular weight is 332 g/mol. The molecule has 126 valence electrons. The number of benzene rings is 3. The van der Waals surface area contributed by atoms with Crippen molar-refractivity contribution in [1.29, 1.82) is 0 Å². The van der Waals surface area contributed by atoms with E-state index in [1.54, 1.807) is 6.92 Å². The van der Waals surface area contributed by atoms with Gasteiger partial charge in [0.05, 0.1) is 12.7 Å². The number of ether oxygens (including phenoxy) is 1. The second-order valence-corrected chi connectivity index (χ2v) is 6.91. The Morgan fingerprint density at radius 2 is 1.68 bits per heavy atom. The molecule has 1 aliphatic carbocycles. The van der Waals surface area contributed by atoms with E-state index in [0.29, 0.717) is 6.42 Å². The Bertz CT molecular complexity index is 974. The van der Waals surface area contributed by atoms with Crippen LogP contribution in [0.4, 0.5) is 0 Å². The van der Waals surface area contributed by atoms with E-state index >= 15 is 0 Å². The van der Waals surface area contributed by atoms with Crippen LogP contribution in [0.15, 0.2) is 66.7 Å². The van der Waals surface area contributed by atoms with Crippen molar-refractivity contribution in [3.05, 3.63) is 83.4 Å². The lowest BCUT2D eigenvalue weighted by molar-refractivity contribution is -0.154. The maximum absolute atomic E-state index is 13.1. The monoisotopic (exact) mass is 332 g/mol. The summed E-state index contributed by atoms with van der Waals surface area (Å²) in [6.45, 7) is 1.72. The summed E-state index contributed by atoms with van der Waals surface area (Å²) in [4.78, 5) is 13.1. The first kappa shape index (κ1) is 15.9. The van der Waals surface area contributed by atoms with Crippen molar-refractivity contribution in [3.8, 4) is 0 Å². The van der Waals surface area contributed by atoms with E-state index in [1.165, 1.54) is 7.11 Å². The molecule has 2 atom stereocenters. The molecule has 0 fully saturated rings. The van der Waals surface area contributed by atoms with Crippen LogP contribution in [0.2, 0.25) is 0 Å². The van der Waals surface area contributed by atoms with Crippen molar-refractivity contribution in [3.63, 3.8) is 0 Å². The van der Waals surface area contributed by atoms with Crippen molar-refractivity contribution in [2.75, 3.05) is 7.11 Å². The fourth-order valence-corrected chi connectivity index (χ4v) is 4.32. The predicted octanol–water partition coefficient (Wildman–Crippen LogP) is 3.61. The van der Waals surface area contributed by atoms with Crippen LogP contribution in [-0.4, -0.2) is 23.8 Å². The molecule has 0 bridgehead atoms.